The van der Waals surface area contributed by atoms with Gasteiger partial charge in [0.25, 0.3) is 0 Å². The molecule has 0 saturated carbocycles. The molecule has 1 aliphatic heterocycles. The normalized spacial score (nSPS) is 14.9. The third-order valence-corrected chi connectivity index (χ3v) is 5.42. The lowest BCUT2D eigenvalue weighted by Gasteiger charge is -2.26. The molecule has 0 aliphatic carbocycles. The van der Waals surface area contributed by atoms with E-state index in [2.05, 4.69) is 56.0 Å². The van der Waals surface area contributed by atoms with E-state index in [0.717, 1.165) is 67.7 Å². The molecule has 1 saturated heterocycles. The van der Waals surface area contributed by atoms with Crippen LogP contribution in [0.25, 0.3) is 11.2 Å². The highest BCUT2D eigenvalue weighted by Crippen LogP contribution is 2.26. The van der Waals surface area contributed by atoms with Gasteiger partial charge in [0.2, 0.25) is 5.95 Å². The largest absolute Gasteiger partial charge is 0.379 e. The molecule has 0 bridgehead atoms. The van der Waals surface area contributed by atoms with E-state index in [-0.39, 0.29) is 6.04 Å². The van der Waals surface area contributed by atoms with Gasteiger partial charge in [0, 0.05) is 57.7 Å². The second kappa shape index (κ2) is 9.49. The molecule has 1 aliphatic rings. The Kier molecular flexibility index (Phi) is 6.53. The van der Waals surface area contributed by atoms with Crippen LogP contribution in [0.5, 0.6) is 0 Å². The van der Waals surface area contributed by atoms with E-state index in [1.54, 1.807) is 0 Å². The summed E-state index contributed by atoms with van der Waals surface area (Å²) in [4.78, 5) is 18.6. The van der Waals surface area contributed by atoms with Crippen LogP contribution in [0, 0.1) is 0 Å². The van der Waals surface area contributed by atoms with Crippen LogP contribution in [0.3, 0.4) is 0 Å². The summed E-state index contributed by atoms with van der Waals surface area (Å²) in [5.41, 5.74) is 3.68. The lowest BCUT2D eigenvalue weighted by atomic mass is 10.2. The summed E-state index contributed by atoms with van der Waals surface area (Å²) in [6, 6.07) is 8.45. The minimum absolute atomic E-state index is 0.256. The number of ether oxygens (including phenoxy) is 1. The van der Waals surface area contributed by atoms with Gasteiger partial charge in [-0.25, -0.2) is 4.98 Å². The predicted molar refractivity (Wildman–Crippen MR) is 126 cm³/mol. The van der Waals surface area contributed by atoms with Crippen molar-refractivity contribution in [2.45, 2.75) is 19.9 Å². The first-order chi connectivity index (χ1) is 15.0. The molecule has 0 amide bonds. The van der Waals surface area contributed by atoms with Gasteiger partial charge >= 0.3 is 0 Å². The van der Waals surface area contributed by atoms with E-state index in [1.807, 2.05) is 32.6 Å². The van der Waals surface area contributed by atoms with E-state index < -0.39 is 0 Å². The standard InChI is InChI=1S/C22H32N8O/c1-16(2)30-15-24-19-20(23-8-9-29-10-12-31-13-11-29)26-22(27-21(19)30)25-17-6-5-7-18(14-17)28(3)4/h5-7,14-16H,8-13H2,1-4H3,(H2,23,25,26,27). The summed E-state index contributed by atoms with van der Waals surface area (Å²) in [6.45, 7) is 9.53. The molecule has 3 heterocycles. The van der Waals surface area contributed by atoms with Gasteiger partial charge in [0.15, 0.2) is 17.0 Å². The number of aromatic nitrogens is 4. The van der Waals surface area contributed by atoms with Gasteiger partial charge < -0.3 is 24.8 Å². The molecular weight excluding hydrogens is 392 g/mol. The average Bonchev–Trinajstić information content (AvgIpc) is 3.19. The average molecular weight is 425 g/mol. The zero-order chi connectivity index (χ0) is 21.8. The maximum Gasteiger partial charge on any atom is 0.231 e. The van der Waals surface area contributed by atoms with E-state index in [4.69, 9.17) is 14.7 Å². The second-order valence-electron chi connectivity index (χ2n) is 8.26. The van der Waals surface area contributed by atoms with Crippen molar-refractivity contribution in [2.24, 2.45) is 0 Å². The van der Waals surface area contributed by atoms with Crippen LogP contribution in [0.15, 0.2) is 30.6 Å². The summed E-state index contributed by atoms with van der Waals surface area (Å²) >= 11 is 0. The minimum Gasteiger partial charge on any atom is -0.379 e. The van der Waals surface area contributed by atoms with Crippen molar-refractivity contribution < 1.29 is 4.74 Å². The van der Waals surface area contributed by atoms with Crippen LogP contribution in [-0.4, -0.2) is 77.9 Å². The molecule has 0 unspecified atom stereocenters. The molecule has 9 nitrogen and oxygen atoms in total. The Morgan fingerprint density at radius 3 is 2.71 bits per heavy atom. The van der Waals surface area contributed by atoms with Gasteiger partial charge in [-0.3, -0.25) is 4.90 Å². The number of rotatable bonds is 8. The number of morpholine rings is 1. The zero-order valence-electron chi connectivity index (χ0n) is 18.8. The summed E-state index contributed by atoms with van der Waals surface area (Å²) in [7, 11) is 4.05. The van der Waals surface area contributed by atoms with Crippen molar-refractivity contribution in [3.8, 4) is 0 Å². The number of hydrogen-bond donors (Lipinski definition) is 2. The molecule has 4 rings (SSSR count). The Morgan fingerprint density at radius 1 is 1.16 bits per heavy atom. The van der Waals surface area contributed by atoms with Crippen molar-refractivity contribution in [1.82, 2.24) is 24.4 Å². The number of fused-ring (bicyclic) bond motifs is 1. The summed E-state index contributed by atoms with van der Waals surface area (Å²) in [5.74, 6) is 1.31. The predicted octanol–water partition coefficient (Wildman–Crippen LogP) is 2.96. The van der Waals surface area contributed by atoms with E-state index in [9.17, 15) is 0 Å². The summed E-state index contributed by atoms with van der Waals surface area (Å²) < 4.78 is 7.51. The van der Waals surface area contributed by atoms with Gasteiger partial charge in [0.05, 0.1) is 19.5 Å². The van der Waals surface area contributed by atoms with Gasteiger partial charge in [-0.2, -0.15) is 9.97 Å². The van der Waals surface area contributed by atoms with Gasteiger partial charge in [0.1, 0.15) is 0 Å². The maximum atomic E-state index is 5.44. The fraction of sp³-hybridized carbons (Fsp3) is 0.500. The number of nitrogens with one attached hydrogen (secondary N) is 2. The van der Waals surface area contributed by atoms with Crippen LogP contribution in [0.4, 0.5) is 23.1 Å². The quantitative estimate of drug-likeness (QED) is 0.571. The van der Waals surface area contributed by atoms with Crippen LogP contribution in [0.1, 0.15) is 19.9 Å². The number of anilines is 4. The monoisotopic (exact) mass is 424 g/mol. The molecule has 31 heavy (non-hydrogen) atoms. The molecular formula is C22H32N8O. The van der Waals surface area contributed by atoms with Crippen molar-refractivity contribution in [3.63, 3.8) is 0 Å². The number of imidazole rings is 1. The number of nitrogens with zero attached hydrogens (tertiary/aromatic N) is 6. The maximum absolute atomic E-state index is 5.44. The van der Waals surface area contributed by atoms with Crippen LogP contribution in [0.2, 0.25) is 0 Å². The fourth-order valence-electron chi connectivity index (χ4n) is 3.62. The van der Waals surface area contributed by atoms with Crippen LogP contribution < -0.4 is 15.5 Å². The topological polar surface area (TPSA) is 83.4 Å². The van der Waals surface area contributed by atoms with E-state index >= 15 is 0 Å². The zero-order valence-corrected chi connectivity index (χ0v) is 18.8. The molecule has 0 spiro atoms. The molecule has 2 aromatic heterocycles. The molecule has 0 atom stereocenters. The smallest absolute Gasteiger partial charge is 0.231 e. The third-order valence-electron chi connectivity index (χ3n) is 5.42. The highest BCUT2D eigenvalue weighted by atomic mass is 16.5. The second-order valence-corrected chi connectivity index (χ2v) is 8.26. The first-order valence-corrected chi connectivity index (χ1v) is 10.8. The van der Waals surface area contributed by atoms with Gasteiger partial charge in [-0.05, 0) is 32.0 Å². The lowest BCUT2D eigenvalue weighted by molar-refractivity contribution is 0.0398. The fourth-order valence-corrected chi connectivity index (χ4v) is 3.62. The SMILES string of the molecule is CC(C)n1cnc2c(NCCN3CCOCC3)nc(Nc3cccc(N(C)C)c3)nc21. The molecule has 1 aromatic carbocycles. The molecule has 2 N–H and O–H groups in total. The van der Waals surface area contributed by atoms with E-state index in [0.29, 0.717) is 5.95 Å². The lowest BCUT2D eigenvalue weighted by Crippen LogP contribution is -2.39. The van der Waals surface area contributed by atoms with Crippen molar-refractivity contribution in [3.05, 3.63) is 30.6 Å². The molecule has 166 valence electrons. The third kappa shape index (κ3) is 5.05. The Hall–Kier alpha value is -2.91. The summed E-state index contributed by atoms with van der Waals surface area (Å²) in [5, 5.41) is 6.86. The van der Waals surface area contributed by atoms with Crippen LogP contribution >= 0.6 is 0 Å². The van der Waals surface area contributed by atoms with E-state index in [1.165, 1.54) is 0 Å². The first kappa shape index (κ1) is 21.3. The van der Waals surface area contributed by atoms with Crippen molar-refractivity contribution >= 4 is 34.3 Å². The highest BCUT2D eigenvalue weighted by Gasteiger charge is 2.16. The van der Waals surface area contributed by atoms with Crippen molar-refractivity contribution in [1.29, 1.82) is 0 Å². The van der Waals surface area contributed by atoms with Crippen molar-refractivity contribution in [2.75, 3.05) is 69.0 Å². The number of hydrogen-bond acceptors (Lipinski definition) is 8. The molecule has 9 heteroatoms. The Bertz CT molecular complexity index is 1010. The summed E-state index contributed by atoms with van der Waals surface area (Å²) in [6.07, 6.45) is 1.84. The minimum atomic E-state index is 0.256. The Balaban J connectivity index is 1.59. The Labute approximate surface area is 183 Å². The van der Waals surface area contributed by atoms with Gasteiger partial charge in [-0.1, -0.05) is 6.07 Å². The first-order valence-electron chi connectivity index (χ1n) is 10.8. The molecule has 1 fully saturated rings. The molecule has 3 aromatic rings. The number of benzene rings is 1. The van der Waals surface area contributed by atoms with Gasteiger partial charge in [-0.15, -0.1) is 0 Å². The Morgan fingerprint density at radius 2 is 1.97 bits per heavy atom. The molecule has 0 radical (unpaired) electrons. The highest BCUT2D eigenvalue weighted by molar-refractivity contribution is 5.85. The van der Waals surface area contributed by atoms with Crippen LogP contribution in [-0.2, 0) is 4.74 Å².